The molecule has 0 aliphatic carbocycles. The van der Waals surface area contributed by atoms with E-state index in [1.165, 1.54) is 23.5 Å². The molecule has 2 atom stereocenters. The average molecular weight is 677 g/mol. The van der Waals surface area contributed by atoms with Gasteiger partial charge in [0.05, 0.1) is 22.1 Å². The molecule has 0 saturated heterocycles. The number of rotatable bonds is 18. The molecule has 2 aromatic heterocycles. The molecule has 0 N–H and O–H groups in total. The van der Waals surface area contributed by atoms with Crippen molar-refractivity contribution in [2.24, 2.45) is 11.8 Å². The van der Waals surface area contributed by atoms with Gasteiger partial charge in [0, 0.05) is 23.3 Å². The summed E-state index contributed by atoms with van der Waals surface area (Å²) in [6.07, 6.45) is 9.43. The number of aromatic nitrogens is 4. The Balaban J connectivity index is 1.32. The minimum Gasteiger partial charge on any atom is -0.278 e. The highest BCUT2D eigenvalue weighted by molar-refractivity contribution is 8.14. The van der Waals surface area contributed by atoms with Crippen LogP contribution in [0.1, 0.15) is 129 Å². The van der Waals surface area contributed by atoms with E-state index in [-0.39, 0.29) is 45.5 Å². The number of benzene rings is 2. The Labute approximate surface area is 286 Å². The smallest absolute Gasteiger partial charge is 0.255 e. The van der Waals surface area contributed by atoms with Gasteiger partial charge in [-0.25, -0.2) is 9.97 Å². The van der Waals surface area contributed by atoms with E-state index in [0.717, 1.165) is 70.6 Å². The van der Waals surface area contributed by atoms with Crippen LogP contribution in [0.15, 0.2) is 48.5 Å². The minimum absolute atomic E-state index is 0.0540. The lowest BCUT2D eigenvalue weighted by Crippen LogP contribution is -2.24. The van der Waals surface area contributed by atoms with Crippen LogP contribution >= 0.6 is 23.5 Å². The topological polar surface area (TPSA) is 104 Å². The monoisotopic (exact) mass is 676 g/mol. The maximum absolute atomic E-state index is 13.6. The summed E-state index contributed by atoms with van der Waals surface area (Å²) in [6.45, 7) is 8.27. The second-order valence-electron chi connectivity index (χ2n) is 12.0. The molecule has 0 saturated carbocycles. The third-order valence-corrected chi connectivity index (χ3v) is 10.6. The molecule has 2 heterocycles. The summed E-state index contributed by atoms with van der Waals surface area (Å²) in [6, 6.07) is 14.9. The first-order valence-corrected chi connectivity index (χ1v) is 19.2. The van der Waals surface area contributed by atoms with Gasteiger partial charge in [-0.2, -0.15) is 0 Å². The zero-order valence-electron chi connectivity index (χ0n) is 28.2. The zero-order valence-corrected chi connectivity index (χ0v) is 29.8. The van der Waals surface area contributed by atoms with E-state index in [4.69, 9.17) is 0 Å². The van der Waals surface area contributed by atoms with Crippen molar-refractivity contribution in [3.8, 4) is 0 Å². The van der Waals surface area contributed by atoms with Crippen molar-refractivity contribution in [1.82, 2.24) is 19.1 Å². The van der Waals surface area contributed by atoms with E-state index >= 15 is 0 Å². The molecule has 2 aromatic carbocycles. The summed E-state index contributed by atoms with van der Waals surface area (Å²) in [5.74, 6) is 1.21. The molecule has 0 fully saturated rings. The summed E-state index contributed by atoms with van der Waals surface area (Å²) in [5, 5.41) is -0.394. The van der Waals surface area contributed by atoms with Gasteiger partial charge < -0.3 is 0 Å². The van der Waals surface area contributed by atoms with Crippen LogP contribution in [0.25, 0.3) is 22.1 Å². The Hall–Kier alpha value is -3.24. The van der Waals surface area contributed by atoms with Crippen molar-refractivity contribution in [2.45, 2.75) is 98.3 Å². The third kappa shape index (κ3) is 9.02. The van der Waals surface area contributed by atoms with E-state index in [2.05, 4.69) is 23.8 Å². The van der Waals surface area contributed by atoms with E-state index in [1.54, 1.807) is 9.13 Å². The van der Waals surface area contributed by atoms with Crippen LogP contribution in [0.5, 0.6) is 0 Å². The van der Waals surface area contributed by atoms with Gasteiger partial charge in [-0.1, -0.05) is 108 Å². The summed E-state index contributed by atoms with van der Waals surface area (Å²) < 4.78 is 3.09. The first kappa shape index (κ1) is 36.6. The normalized spacial score (nSPS) is 12.9. The highest BCUT2D eigenvalue weighted by Crippen LogP contribution is 2.27. The highest BCUT2D eigenvalue weighted by atomic mass is 32.2. The molecular formula is C37H48N4O4S2. The quantitative estimate of drug-likeness (QED) is 0.0960. The van der Waals surface area contributed by atoms with Gasteiger partial charge in [-0.15, -0.1) is 0 Å². The van der Waals surface area contributed by atoms with Crippen LogP contribution in [0.3, 0.4) is 0 Å². The van der Waals surface area contributed by atoms with E-state index in [0.29, 0.717) is 33.6 Å². The minimum atomic E-state index is -0.197. The van der Waals surface area contributed by atoms with Gasteiger partial charge in [0.25, 0.3) is 10.2 Å². The van der Waals surface area contributed by atoms with E-state index in [1.807, 2.05) is 62.4 Å². The Morgan fingerprint density at radius 1 is 0.596 bits per heavy atom. The number of fused-ring (bicyclic) bond motifs is 2. The number of thioether (sulfide) groups is 2. The first-order valence-electron chi connectivity index (χ1n) is 17.2. The second-order valence-corrected chi connectivity index (χ2v) is 14.2. The summed E-state index contributed by atoms with van der Waals surface area (Å²) in [4.78, 5) is 63.0. The van der Waals surface area contributed by atoms with Crippen LogP contribution < -0.4 is 0 Å². The molecule has 8 nitrogen and oxygen atoms in total. The van der Waals surface area contributed by atoms with E-state index < -0.39 is 0 Å². The van der Waals surface area contributed by atoms with Crippen molar-refractivity contribution in [1.29, 1.82) is 0 Å². The molecule has 0 radical (unpaired) electrons. The Kier molecular flexibility index (Phi) is 14.3. The van der Waals surface area contributed by atoms with Crippen molar-refractivity contribution in [3.05, 3.63) is 60.2 Å². The molecule has 0 aliphatic heterocycles. The van der Waals surface area contributed by atoms with Crippen LogP contribution in [0, 0.1) is 11.8 Å². The number of hydrogen-bond donors (Lipinski definition) is 0. The number of imidazole rings is 2. The zero-order chi connectivity index (χ0) is 33.8. The summed E-state index contributed by atoms with van der Waals surface area (Å²) in [7, 11) is 0. The van der Waals surface area contributed by atoms with Crippen molar-refractivity contribution < 1.29 is 19.2 Å². The van der Waals surface area contributed by atoms with Gasteiger partial charge in [0.2, 0.25) is 11.8 Å². The molecule has 0 amide bonds. The number of hydrogen-bond acceptors (Lipinski definition) is 8. The van der Waals surface area contributed by atoms with Gasteiger partial charge in [0.15, 0.2) is 11.6 Å². The van der Waals surface area contributed by atoms with Crippen LogP contribution in [0.4, 0.5) is 0 Å². The molecule has 252 valence electrons. The maximum atomic E-state index is 13.6. The third-order valence-electron chi connectivity index (χ3n) is 8.68. The molecule has 0 spiro atoms. The molecular weight excluding hydrogens is 629 g/mol. The number of nitrogens with zero attached hydrogens (tertiary/aromatic N) is 4. The van der Waals surface area contributed by atoms with E-state index in [9.17, 15) is 19.2 Å². The van der Waals surface area contributed by atoms with Crippen LogP contribution in [-0.2, 0) is 0 Å². The standard InChI is InChI=1S/C37H48N4O4S2/c1-5-9-18-26(7-3)34(42)40-30-22-14-12-20-28(30)38-32(40)36(44)46-24-16-11-17-25-47-37(45)33-39-29-21-13-15-23-31(29)41(33)35(43)27(8-4)19-10-6-2/h12-15,20-23,26-27H,5-11,16-19,24-25H2,1-4H3. The molecule has 10 heteroatoms. The van der Waals surface area contributed by atoms with Crippen molar-refractivity contribution in [3.63, 3.8) is 0 Å². The Morgan fingerprint density at radius 3 is 1.38 bits per heavy atom. The molecule has 4 aromatic rings. The lowest BCUT2D eigenvalue weighted by Gasteiger charge is -2.16. The van der Waals surface area contributed by atoms with Crippen LogP contribution in [-0.4, -0.2) is 52.7 Å². The molecule has 0 aliphatic rings. The van der Waals surface area contributed by atoms with Gasteiger partial charge in [-0.3, -0.25) is 28.3 Å². The fraction of sp³-hybridized carbons (Fsp3) is 0.514. The highest BCUT2D eigenvalue weighted by Gasteiger charge is 2.28. The number of carbonyl (C=O) groups excluding carboxylic acids is 4. The van der Waals surface area contributed by atoms with Gasteiger partial charge in [0.1, 0.15) is 0 Å². The fourth-order valence-corrected chi connectivity index (χ4v) is 7.48. The number of carbonyl (C=O) groups is 4. The second kappa shape index (κ2) is 18.3. The largest absolute Gasteiger partial charge is 0.278 e. The lowest BCUT2D eigenvalue weighted by atomic mass is 9.98. The summed E-state index contributed by atoms with van der Waals surface area (Å²) >= 11 is 2.39. The lowest BCUT2D eigenvalue weighted by molar-refractivity contribution is 0.0810. The van der Waals surface area contributed by atoms with Crippen molar-refractivity contribution >= 4 is 67.6 Å². The van der Waals surface area contributed by atoms with Gasteiger partial charge >= 0.3 is 0 Å². The Morgan fingerprint density at radius 2 is 1.00 bits per heavy atom. The fourth-order valence-electron chi connectivity index (χ4n) is 5.88. The van der Waals surface area contributed by atoms with Gasteiger partial charge in [-0.05, 0) is 62.8 Å². The maximum Gasteiger partial charge on any atom is 0.255 e. The number of unbranched alkanes of at least 4 members (excludes halogenated alkanes) is 4. The molecule has 47 heavy (non-hydrogen) atoms. The summed E-state index contributed by atoms with van der Waals surface area (Å²) in [5.41, 5.74) is 2.66. The van der Waals surface area contributed by atoms with Crippen LogP contribution in [0.2, 0.25) is 0 Å². The number of para-hydroxylation sites is 4. The predicted octanol–water partition coefficient (Wildman–Crippen LogP) is 9.72. The average Bonchev–Trinajstić information content (AvgIpc) is 3.67. The predicted molar refractivity (Wildman–Crippen MR) is 195 cm³/mol. The molecule has 0 bridgehead atoms. The SMILES string of the molecule is CCCCC(CC)C(=O)n1c(C(=O)SCCCCCSC(=O)c2nc3ccccc3n2C(=O)C(CC)CCCC)nc2ccccc21. The first-order chi connectivity index (χ1) is 22.9. The Bertz CT molecular complexity index is 1560. The molecule has 4 rings (SSSR count). The van der Waals surface area contributed by atoms with Crippen molar-refractivity contribution in [2.75, 3.05) is 11.5 Å². The molecule has 2 unspecified atom stereocenters.